The second kappa shape index (κ2) is 6.14. The Morgan fingerprint density at radius 3 is 2.42 bits per heavy atom. The van der Waals surface area contributed by atoms with E-state index in [0.717, 1.165) is 6.20 Å². The highest BCUT2D eigenvalue weighted by Gasteiger charge is 2.12. The normalized spacial score (nSPS) is 10.6. The second-order valence-electron chi connectivity index (χ2n) is 3.55. The van der Waals surface area contributed by atoms with Gasteiger partial charge in [0.25, 0.3) is 0 Å². The molecule has 7 heteroatoms. The molecule has 1 heterocycles. The van der Waals surface area contributed by atoms with Crippen LogP contribution in [0.2, 0.25) is 15.1 Å². The van der Waals surface area contributed by atoms with Gasteiger partial charge in [-0.1, -0.05) is 34.8 Å². The van der Waals surface area contributed by atoms with E-state index in [0.29, 0.717) is 10.6 Å². The van der Waals surface area contributed by atoms with E-state index in [9.17, 15) is 4.39 Å². The van der Waals surface area contributed by atoms with Crippen LogP contribution < -0.4 is 4.74 Å². The van der Waals surface area contributed by atoms with Gasteiger partial charge >= 0.3 is 0 Å². The Kier molecular flexibility index (Phi) is 4.74. The summed E-state index contributed by atoms with van der Waals surface area (Å²) in [5.74, 6) is -0.0135. The lowest BCUT2D eigenvalue weighted by molar-refractivity contribution is 0.454. The molecule has 0 aliphatic heterocycles. The average Bonchev–Trinajstić information content (AvgIpc) is 2.37. The molecular formula is C12H6Cl4FNO. The van der Waals surface area contributed by atoms with E-state index in [1.165, 1.54) is 18.2 Å². The SMILES string of the molecule is Fc1cnc(Oc2cc(Cl)c(Cl)cc2Cl)c(CCl)c1. The molecule has 1 aromatic carbocycles. The van der Waals surface area contributed by atoms with Crippen molar-refractivity contribution in [2.45, 2.75) is 5.88 Å². The van der Waals surface area contributed by atoms with Crippen LogP contribution in [0.1, 0.15) is 5.56 Å². The van der Waals surface area contributed by atoms with E-state index < -0.39 is 5.82 Å². The molecule has 0 radical (unpaired) electrons. The molecule has 0 amide bonds. The molecule has 2 rings (SSSR count). The first-order chi connectivity index (χ1) is 9.01. The van der Waals surface area contributed by atoms with Gasteiger partial charge in [-0.05, 0) is 12.1 Å². The van der Waals surface area contributed by atoms with Gasteiger partial charge in [0.1, 0.15) is 11.6 Å². The zero-order chi connectivity index (χ0) is 14.0. The molecule has 0 bridgehead atoms. The number of hydrogen-bond donors (Lipinski definition) is 0. The van der Waals surface area contributed by atoms with Crippen LogP contribution in [-0.4, -0.2) is 4.98 Å². The Balaban J connectivity index is 2.39. The summed E-state index contributed by atoms with van der Waals surface area (Å²) in [7, 11) is 0. The highest BCUT2D eigenvalue weighted by molar-refractivity contribution is 6.43. The number of pyridine rings is 1. The summed E-state index contributed by atoms with van der Waals surface area (Å²) < 4.78 is 18.5. The minimum atomic E-state index is -0.497. The second-order valence-corrected chi connectivity index (χ2v) is 5.04. The number of nitrogens with zero attached hydrogens (tertiary/aromatic N) is 1. The zero-order valence-corrected chi connectivity index (χ0v) is 12.3. The van der Waals surface area contributed by atoms with Crippen molar-refractivity contribution < 1.29 is 9.13 Å². The molecule has 0 aliphatic carbocycles. The number of rotatable bonds is 3. The van der Waals surface area contributed by atoms with Crippen LogP contribution in [0.4, 0.5) is 4.39 Å². The van der Waals surface area contributed by atoms with Crippen LogP contribution in [0.5, 0.6) is 11.6 Å². The van der Waals surface area contributed by atoms with E-state index >= 15 is 0 Å². The molecule has 0 N–H and O–H groups in total. The summed E-state index contributed by atoms with van der Waals surface area (Å²) in [6.45, 7) is 0. The maximum absolute atomic E-state index is 13.0. The smallest absolute Gasteiger partial charge is 0.223 e. The Labute approximate surface area is 129 Å². The van der Waals surface area contributed by atoms with Crippen molar-refractivity contribution in [3.8, 4) is 11.6 Å². The average molecular weight is 341 g/mol. The first kappa shape index (κ1) is 14.7. The lowest BCUT2D eigenvalue weighted by Crippen LogP contribution is -1.95. The molecule has 0 spiro atoms. The number of benzene rings is 1. The summed E-state index contributed by atoms with van der Waals surface area (Å²) in [5, 5.41) is 0.861. The van der Waals surface area contributed by atoms with Crippen LogP contribution in [-0.2, 0) is 5.88 Å². The highest BCUT2D eigenvalue weighted by atomic mass is 35.5. The molecule has 0 unspecified atom stereocenters. The fraction of sp³-hybridized carbons (Fsp3) is 0.0833. The van der Waals surface area contributed by atoms with Gasteiger partial charge in [0.15, 0.2) is 0 Å². The number of hydrogen-bond acceptors (Lipinski definition) is 2. The number of alkyl halides is 1. The van der Waals surface area contributed by atoms with E-state index in [-0.39, 0.29) is 27.6 Å². The first-order valence-corrected chi connectivity index (χ1v) is 6.71. The third kappa shape index (κ3) is 3.42. The maximum Gasteiger partial charge on any atom is 0.223 e. The summed E-state index contributed by atoms with van der Waals surface area (Å²) in [6, 6.07) is 4.14. The molecule has 2 nitrogen and oxygen atoms in total. The van der Waals surface area contributed by atoms with Crippen molar-refractivity contribution in [3.05, 3.63) is 50.8 Å². The minimum Gasteiger partial charge on any atom is -0.437 e. The Bertz CT molecular complexity index is 621. The van der Waals surface area contributed by atoms with Gasteiger partial charge in [0.2, 0.25) is 5.88 Å². The van der Waals surface area contributed by atoms with Crippen molar-refractivity contribution in [1.82, 2.24) is 4.98 Å². The lowest BCUT2D eigenvalue weighted by Gasteiger charge is -2.10. The Morgan fingerprint density at radius 1 is 1.05 bits per heavy atom. The fourth-order valence-corrected chi connectivity index (χ4v) is 2.11. The zero-order valence-electron chi connectivity index (χ0n) is 9.26. The van der Waals surface area contributed by atoms with Crippen LogP contribution in [0, 0.1) is 5.82 Å². The summed E-state index contributed by atoms with van der Waals surface area (Å²) in [4.78, 5) is 3.82. The Hall–Kier alpha value is -0.740. The molecule has 0 fully saturated rings. The van der Waals surface area contributed by atoms with Gasteiger partial charge in [0, 0.05) is 11.6 Å². The lowest BCUT2D eigenvalue weighted by atomic mass is 10.3. The molecule has 0 aliphatic rings. The highest BCUT2D eigenvalue weighted by Crippen LogP contribution is 2.36. The predicted octanol–water partition coefficient (Wildman–Crippen LogP) is 5.71. The number of halogens is 5. The third-order valence-electron chi connectivity index (χ3n) is 2.22. The van der Waals surface area contributed by atoms with Crippen LogP contribution in [0.15, 0.2) is 24.4 Å². The summed E-state index contributed by atoms with van der Waals surface area (Å²) in [5.41, 5.74) is 0.406. The van der Waals surface area contributed by atoms with Crippen molar-refractivity contribution in [1.29, 1.82) is 0 Å². The van der Waals surface area contributed by atoms with Gasteiger partial charge < -0.3 is 4.74 Å². The molecule has 1 aromatic heterocycles. The third-order valence-corrected chi connectivity index (χ3v) is 3.52. The molecule has 19 heavy (non-hydrogen) atoms. The van der Waals surface area contributed by atoms with Crippen molar-refractivity contribution in [2.75, 3.05) is 0 Å². The summed E-state index contributed by atoms with van der Waals surface area (Å²) in [6.07, 6.45) is 1.02. The first-order valence-electron chi connectivity index (χ1n) is 5.04. The molecular weight excluding hydrogens is 335 g/mol. The largest absolute Gasteiger partial charge is 0.437 e. The fourth-order valence-electron chi connectivity index (χ4n) is 1.34. The van der Waals surface area contributed by atoms with E-state index in [4.69, 9.17) is 51.1 Å². The molecule has 0 saturated carbocycles. The van der Waals surface area contributed by atoms with Crippen LogP contribution >= 0.6 is 46.4 Å². The van der Waals surface area contributed by atoms with Gasteiger partial charge in [-0.15, -0.1) is 11.6 Å². The van der Waals surface area contributed by atoms with E-state index in [1.807, 2.05) is 0 Å². The van der Waals surface area contributed by atoms with Crippen LogP contribution in [0.25, 0.3) is 0 Å². The van der Waals surface area contributed by atoms with Gasteiger partial charge in [0.05, 0.1) is 27.1 Å². The van der Waals surface area contributed by atoms with Crippen molar-refractivity contribution >= 4 is 46.4 Å². The topological polar surface area (TPSA) is 22.1 Å². The quantitative estimate of drug-likeness (QED) is 0.527. The van der Waals surface area contributed by atoms with Crippen LogP contribution in [0.3, 0.4) is 0 Å². The maximum atomic E-state index is 13.0. The monoisotopic (exact) mass is 339 g/mol. The standard InChI is InChI=1S/C12H6Cl4FNO/c13-4-6-1-7(17)5-18-12(6)19-11-3-9(15)8(14)2-10(11)16/h1-3,5H,4H2. The number of aromatic nitrogens is 1. The Morgan fingerprint density at radius 2 is 1.74 bits per heavy atom. The molecule has 0 saturated heterocycles. The summed E-state index contributed by atoms with van der Waals surface area (Å²) >= 11 is 23.4. The molecule has 100 valence electrons. The van der Waals surface area contributed by atoms with Crippen molar-refractivity contribution in [3.63, 3.8) is 0 Å². The minimum absolute atomic E-state index is 0.0546. The van der Waals surface area contributed by atoms with E-state index in [1.54, 1.807) is 0 Å². The molecule has 2 aromatic rings. The van der Waals surface area contributed by atoms with Crippen molar-refractivity contribution in [2.24, 2.45) is 0 Å². The molecule has 0 atom stereocenters. The van der Waals surface area contributed by atoms with Gasteiger partial charge in [-0.3, -0.25) is 0 Å². The van der Waals surface area contributed by atoms with E-state index in [2.05, 4.69) is 4.98 Å². The van der Waals surface area contributed by atoms with Gasteiger partial charge in [-0.25, -0.2) is 9.37 Å². The predicted molar refractivity (Wildman–Crippen MR) is 75.3 cm³/mol. The van der Waals surface area contributed by atoms with Gasteiger partial charge in [-0.2, -0.15) is 0 Å². The number of ether oxygens (including phenoxy) is 1.